The van der Waals surface area contributed by atoms with Crippen LogP contribution in [0.3, 0.4) is 0 Å². The maximum Gasteiger partial charge on any atom is 0.169 e. The van der Waals surface area contributed by atoms with Crippen molar-refractivity contribution in [2.24, 2.45) is 5.92 Å². The zero-order valence-electron chi connectivity index (χ0n) is 10.6. The van der Waals surface area contributed by atoms with E-state index in [9.17, 15) is 4.79 Å². The van der Waals surface area contributed by atoms with Gasteiger partial charge in [0, 0.05) is 0 Å². The van der Waals surface area contributed by atoms with Crippen molar-refractivity contribution < 1.29 is 14.6 Å². The van der Waals surface area contributed by atoms with Gasteiger partial charge in [0.1, 0.15) is 19.0 Å². The first kappa shape index (κ1) is 10.7. The molecule has 3 heteroatoms. The van der Waals surface area contributed by atoms with Gasteiger partial charge in [0.25, 0.3) is 0 Å². The average molecular weight is 244 g/mol. The molecule has 4 saturated heterocycles. The molecule has 4 aliphatic rings. The third-order valence-electron chi connectivity index (χ3n) is 5.17. The van der Waals surface area contributed by atoms with Crippen LogP contribution in [-0.2, 0) is 10.2 Å². The maximum atomic E-state index is 12.8. The maximum absolute atomic E-state index is 12.8. The number of ketones is 1. The van der Waals surface area contributed by atoms with E-state index in [2.05, 4.69) is 24.3 Å². The Hall–Kier alpha value is -1.19. The summed E-state index contributed by atoms with van der Waals surface area (Å²) in [6, 6.07) is 10.5. The van der Waals surface area contributed by atoms with Crippen LogP contribution in [0.5, 0.6) is 0 Å². The first-order valence-corrected chi connectivity index (χ1v) is 7.05. The molecule has 0 aliphatic carbocycles. The van der Waals surface area contributed by atoms with E-state index in [1.165, 1.54) is 18.7 Å². The van der Waals surface area contributed by atoms with Gasteiger partial charge in [0.05, 0.1) is 26.2 Å². The third-order valence-corrected chi connectivity index (χ3v) is 5.17. The van der Waals surface area contributed by atoms with E-state index in [4.69, 9.17) is 0 Å². The highest BCUT2D eigenvalue weighted by Gasteiger charge is 2.59. The van der Waals surface area contributed by atoms with E-state index in [1.54, 1.807) is 9.80 Å². The van der Waals surface area contributed by atoms with Gasteiger partial charge in [-0.05, 0) is 5.56 Å². The molecule has 4 bridgehead atoms. The molecule has 4 heterocycles. The van der Waals surface area contributed by atoms with E-state index < -0.39 is 0 Å². The van der Waals surface area contributed by atoms with Crippen molar-refractivity contribution in [3.63, 3.8) is 0 Å². The molecule has 0 radical (unpaired) electrons. The number of nitrogens with one attached hydrogen (secondary N) is 2. The Morgan fingerprint density at radius 1 is 1.00 bits per heavy atom. The summed E-state index contributed by atoms with van der Waals surface area (Å²) in [6.45, 7) is 6.70. The number of hydrogen-bond donors (Lipinski definition) is 2. The van der Waals surface area contributed by atoms with Crippen LogP contribution in [0.2, 0.25) is 0 Å². The highest BCUT2D eigenvalue weighted by Crippen LogP contribution is 2.30. The second-order valence-corrected chi connectivity index (χ2v) is 6.27. The molecule has 1 aromatic rings. The average Bonchev–Trinajstić information content (AvgIpc) is 2.65. The summed E-state index contributed by atoms with van der Waals surface area (Å²) < 4.78 is 0. The van der Waals surface area contributed by atoms with Crippen molar-refractivity contribution in [3.8, 4) is 0 Å². The number of piperidine rings is 2. The lowest BCUT2D eigenvalue weighted by Crippen LogP contribution is -3.17. The van der Waals surface area contributed by atoms with Gasteiger partial charge in [-0.25, -0.2) is 0 Å². The Bertz CT molecular complexity index is 469. The fraction of sp³-hybridized carbons (Fsp3) is 0.533. The Kier molecular flexibility index (Phi) is 2.17. The molecule has 0 saturated carbocycles. The summed E-state index contributed by atoms with van der Waals surface area (Å²) >= 11 is 0. The van der Waals surface area contributed by atoms with Gasteiger partial charge in [0.2, 0.25) is 0 Å². The van der Waals surface area contributed by atoms with E-state index in [-0.39, 0.29) is 5.41 Å². The molecule has 3 nitrogen and oxygen atoms in total. The number of carbonyl (C=O) groups excluding carboxylic acids is 1. The molecule has 0 aromatic heterocycles. The van der Waals surface area contributed by atoms with Gasteiger partial charge in [-0.3, -0.25) is 4.79 Å². The minimum atomic E-state index is -0.177. The first-order valence-electron chi connectivity index (χ1n) is 7.05. The van der Waals surface area contributed by atoms with Crippen molar-refractivity contribution in [2.75, 3.05) is 39.3 Å². The predicted molar refractivity (Wildman–Crippen MR) is 67.7 cm³/mol. The summed E-state index contributed by atoms with van der Waals surface area (Å²) in [7, 11) is 0. The Balaban J connectivity index is 1.85. The summed E-state index contributed by atoms with van der Waals surface area (Å²) in [4.78, 5) is 16.1. The highest BCUT2D eigenvalue weighted by molar-refractivity contribution is 5.93. The minimum absolute atomic E-state index is 0.177. The molecule has 2 atom stereocenters. The van der Waals surface area contributed by atoms with Gasteiger partial charge >= 0.3 is 0 Å². The number of Topliss-reactive ketones (excluding diaryl/α,β-unsaturated/α-hetero) is 1. The number of carbonyl (C=O) groups is 1. The molecule has 4 fully saturated rings. The van der Waals surface area contributed by atoms with Gasteiger partial charge in [-0.2, -0.15) is 0 Å². The molecular weight excluding hydrogens is 224 g/mol. The summed E-state index contributed by atoms with van der Waals surface area (Å²) in [5, 5.41) is 0. The SMILES string of the molecule is O=C1C2C[NH+]3CC[NH+](C2)CC1(c1ccccc1)C3. The van der Waals surface area contributed by atoms with Gasteiger partial charge in [0.15, 0.2) is 11.2 Å². The molecule has 5 rings (SSSR count). The molecule has 1 aromatic carbocycles. The van der Waals surface area contributed by atoms with Crippen molar-refractivity contribution >= 4 is 5.78 Å². The second kappa shape index (κ2) is 3.65. The van der Waals surface area contributed by atoms with Gasteiger partial charge < -0.3 is 9.80 Å². The van der Waals surface area contributed by atoms with E-state index in [0.717, 1.165) is 26.2 Å². The summed E-state index contributed by atoms with van der Waals surface area (Å²) in [5.41, 5.74) is 1.08. The molecule has 2 unspecified atom stereocenters. The fourth-order valence-corrected chi connectivity index (χ4v) is 4.42. The lowest BCUT2D eigenvalue weighted by molar-refractivity contribution is -0.918. The van der Waals surface area contributed by atoms with Crippen LogP contribution < -0.4 is 9.80 Å². The largest absolute Gasteiger partial charge is 0.328 e. The zero-order chi connectivity index (χ0) is 12.2. The van der Waals surface area contributed by atoms with E-state index in [1.807, 2.05) is 6.07 Å². The van der Waals surface area contributed by atoms with Crippen molar-refractivity contribution in [2.45, 2.75) is 5.41 Å². The van der Waals surface area contributed by atoms with Crippen LogP contribution in [0, 0.1) is 5.92 Å². The highest BCUT2D eigenvalue weighted by atomic mass is 16.1. The van der Waals surface area contributed by atoms with Crippen LogP contribution >= 0.6 is 0 Å². The number of quaternary nitrogens is 2. The smallest absolute Gasteiger partial charge is 0.169 e. The van der Waals surface area contributed by atoms with Crippen LogP contribution in [0.1, 0.15) is 5.56 Å². The van der Waals surface area contributed by atoms with Crippen molar-refractivity contribution in [1.82, 2.24) is 0 Å². The van der Waals surface area contributed by atoms with E-state index in [0.29, 0.717) is 11.7 Å². The number of benzene rings is 1. The monoisotopic (exact) mass is 244 g/mol. The molecule has 94 valence electrons. The topological polar surface area (TPSA) is 26.0 Å². The zero-order valence-corrected chi connectivity index (χ0v) is 10.6. The number of fused-ring (bicyclic) bond motifs is 1. The molecule has 2 N–H and O–H groups in total. The van der Waals surface area contributed by atoms with Gasteiger partial charge in [-0.15, -0.1) is 0 Å². The molecule has 0 spiro atoms. The predicted octanol–water partition coefficient (Wildman–Crippen LogP) is -2.08. The quantitative estimate of drug-likeness (QED) is 0.583. The number of hydrogen-bond acceptors (Lipinski definition) is 1. The lowest BCUT2D eigenvalue weighted by atomic mass is 9.67. The van der Waals surface area contributed by atoms with E-state index >= 15 is 0 Å². The van der Waals surface area contributed by atoms with Crippen LogP contribution in [0.4, 0.5) is 0 Å². The summed E-state index contributed by atoms with van der Waals surface area (Å²) in [5.74, 6) is 0.836. The van der Waals surface area contributed by atoms with Gasteiger partial charge in [-0.1, -0.05) is 30.3 Å². The number of rotatable bonds is 1. The Morgan fingerprint density at radius 3 is 2.22 bits per heavy atom. The normalized spacial score (nSPS) is 42.0. The molecular formula is C15H20N2O+2. The Labute approximate surface area is 107 Å². The Morgan fingerprint density at radius 2 is 1.61 bits per heavy atom. The minimum Gasteiger partial charge on any atom is -0.328 e. The lowest BCUT2D eigenvalue weighted by Gasteiger charge is -2.43. The standard InChI is InChI=1S/C15H18N2O/c18-14-12-8-16-6-7-17(9-12)11-15(14,10-16)13-4-2-1-3-5-13/h1-5,12H,6-11H2/p+2. The van der Waals surface area contributed by atoms with Crippen molar-refractivity contribution in [1.29, 1.82) is 0 Å². The van der Waals surface area contributed by atoms with Crippen LogP contribution in [0.25, 0.3) is 0 Å². The fourth-order valence-electron chi connectivity index (χ4n) is 4.42. The third kappa shape index (κ3) is 1.35. The van der Waals surface area contributed by atoms with Crippen LogP contribution in [-0.4, -0.2) is 45.1 Å². The van der Waals surface area contributed by atoms with Crippen molar-refractivity contribution in [3.05, 3.63) is 35.9 Å². The molecule has 4 aliphatic heterocycles. The summed E-state index contributed by atoms with van der Waals surface area (Å²) in [6.07, 6.45) is 0. The molecule has 0 amide bonds. The first-order chi connectivity index (χ1) is 8.78. The second-order valence-electron chi connectivity index (χ2n) is 6.27. The molecule has 18 heavy (non-hydrogen) atoms. The van der Waals surface area contributed by atoms with Crippen LogP contribution in [0.15, 0.2) is 30.3 Å².